The second-order valence-electron chi connectivity index (χ2n) is 6.82. The third-order valence-electron chi connectivity index (χ3n) is 4.38. The molecule has 0 saturated carbocycles. The van der Waals surface area contributed by atoms with Crippen LogP contribution in [0.25, 0.3) is 0 Å². The molecule has 3 rings (SSSR count). The Hall–Kier alpha value is -3.84. The van der Waals surface area contributed by atoms with Crippen molar-refractivity contribution in [3.8, 4) is 11.5 Å². The van der Waals surface area contributed by atoms with Gasteiger partial charge in [-0.05, 0) is 67.1 Å². The zero-order chi connectivity index (χ0) is 22.9. The number of nitrogens with one attached hydrogen (secondary N) is 2. The molecule has 0 fully saturated rings. The van der Waals surface area contributed by atoms with Gasteiger partial charge in [0.2, 0.25) is 0 Å². The minimum atomic E-state index is -0.533. The van der Waals surface area contributed by atoms with Crippen LogP contribution in [-0.2, 0) is 4.79 Å². The number of ether oxygens (including phenoxy) is 2. The maximum absolute atomic E-state index is 12.3. The Morgan fingerprint density at radius 1 is 1.00 bits per heavy atom. The minimum Gasteiger partial charge on any atom is -0.493 e. The number of rotatable bonds is 8. The number of carbonyl (C=O) groups excluding carboxylic acids is 2. The number of hydrazone groups is 1. The SMILES string of the molecule is COc1cc(/C=N\NC(=O)CNc2ccc(C)cc2)ccc1OC(=O)c1ccc(Cl)cc1. The molecule has 0 radical (unpaired) electrons. The highest BCUT2D eigenvalue weighted by Crippen LogP contribution is 2.28. The highest BCUT2D eigenvalue weighted by Gasteiger charge is 2.13. The number of esters is 1. The lowest BCUT2D eigenvalue weighted by atomic mass is 10.2. The summed E-state index contributed by atoms with van der Waals surface area (Å²) < 4.78 is 10.7. The fourth-order valence-corrected chi connectivity index (χ4v) is 2.79. The van der Waals surface area contributed by atoms with E-state index in [1.54, 1.807) is 42.5 Å². The second kappa shape index (κ2) is 11.0. The molecule has 0 spiro atoms. The van der Waals surface area contributed by atoms with E-state index in [-0.39, 0.29) is 18.2 Å². The van der Waals surface area contributed by atoms with Gasteiger partial charge in [-0.3, -0.25) is 4.79 Å². The number of anilines is 1. The first-order chi connectivity index (χ1) is 15.4. The van der Waals surface area contributed by atoms with Gasteiger partial charge in [-0.1, -0.05) is 29.3 Å². The summed E-state index contributed by atoms with van der Waals surface area (Å²) in [5.74, 6) is -0.211. The number of benzene rings is 3. The molecule has 7 nitrogen and oxygen atoms in total. The Morgan fingerprint density at radius 3 is 2.41 bits per heavy atom. The lowest BCUT2D eigenvalue weighted by molar-refractivity contribution is -0.119. The predicted molar refractivity (Wildman–Crippen MR) is 125 cm³/mol. The van der Waals surface area contributed by atoms with Gasteiger partial charge >= 0.3 is 5.97 Å². The van der Waals surface area contributed by atoms with E-state index in [0.717, 1.165) is 11.3 Å². The molecular formula is C24H22ClN3O4. The first kappa shape index (κ1) is 22.8. The summed E-state index contributed by atoms with van der Waals surface area (Å²) in [6.45, 7) is 2.08. The molecule has 3 aromatic rings. The highest BCUT2D eigenvalue weighted by atomic mass is 35.5. The summed E-state index contributed by atoms with van der Waals surface area (Å²) in [6.07, 6.45) is 1.47. The van der Waals surface area contributed by atoms with E-state index in [9.17, 15) is 9.59 Å². The van der Waals surface area contributed by atoms with E-state index in [0.29, 0.717) is 21.9 Å². The molecule has 1 amide bonds. The highest BCUT2D eigenvalue weighted by molar-refractivity contribution is 6.30. The Kier molecular flexibility index (Phi) is 7.83. The summed E-state index contributed by atoms with van der Waals surface area (Å²) in [4.78, 5) is 24.3. The van der Waals surface area contributed by atoms with Crippen molar-refractivity contribution < 1.29 is 19.1 Å². The molecule has 2 N–H and O–H groups in total. The summed E-state index contributed by atoms with van der Waals surface area (Å²) in [5, 5.41) is 7.50. The average Bonchev–Trinajstić information content (AvgIpc) is 2.80. The van der Waals surface area contributed by atoms with E-state index in [1.165, 1.54) is 13.3 Å². The van der Waals surface area contributed by atoms with Crippen molar-refractivity contribution in [3.05, 3.63) is 88.4 Å². The number of carbonyl (C=O) groups is 2. The molecule has 0 saturated heterocycles. The Balaban J connectivity index is 1.55. The summed E-state index contributed by atoms with van der Waals surface area (Å²) in [7, 11) is 1.47. The van der Waals surface area contributed by atoms with Crippen LogP contribution in [0.5, 0.6) is 11.5 Å². The van der Waals surface area contributed by atoms with Crippen LogP contribution < -0.4 is 20.2 Å². The maximum atomic E-state index is 12.3. The molecule has 0 aromatic heterocycles. The fourth-order valence-electron chi connectivity index (χ4n) is 2.67. The van der Waals surface area contributed by atoms with Crippen molar-refractivity contribution in [3.63, 3.8) is 0 Å². The molecule has 164 valence electrons. The largest absolute Gasteiger partial charge is 0.493 e. The van der Waals surface area contributed by atoms with Crippen molar-refractivity contribution in [2.24, 2.45) is 5.10 Å². The lowest BCUT2D eigenvalue weighted by Gasteiger charge is -2.10. The molecule has 0 aliphatic heterocycles. The molecule has 0 atom stereocenters. The van der Waals surface area contributed by atoms with E-state index in [2.05, 4.69) is 15.8 Å². The molecule has 32 heavy (non-hydrogen) atoms. The van der Waals surface area contributed by atoms with Gasteiger partial charge in [0.1, 0.15) is 0 Å². The molecular weight excluding hydrogens is 430 g/mol. The van der Waals surface area contributed by atoms with Crippen molar-refractivity contribution >= 4 is 35.4 Å². The average molecular weight is 452 g/mol. The van der Waals surface area contributed by atoms with Crippen molar-refractivity contribution in [1.82, 2.24) is 5.43 Å². The van der Waals surface area contributed by atoms with Crippen molar-refractivity contribution in [2.45, 2.75) is 6.92 Å². The second-order valence-corrected chi connectivity index (χ2v) is 7.26. The number of hydrogen-bond donors (Lipinski definition) is 2. The quantitative estimate of drug-likeness (QED) is 0.229. The van der Waals surface area contributed by atoms with Crippen LogP contribution in [0.15, 0.2) is 71.8 Å². The van der Waals surface area contributed by atoms with E-state index < -0.39 is 5.97 Å². The monoisotopic (exact) mass is 451 g/mol. The van der Waals surface area contributed by atoms with E-state index in [4.69, 9.17) is 21.1 Å². The predicted octanol–water partition coefficient (Wildman–Crippen LogP) is 4.44. The Labute approximate surface area is 191 Å². The summed E-state index contributed by atoms with van der Waals surface area (Å²) in [6, 6.07) is 19.0. The number of aryl methyl sites for hydroxylation is 1. The molecule has 8 heteroatoms. The molecule has 0 bridgehead atoms. The molecule has 0 aliphatic carbocycles. The topological polar surface area (TPSA) is 89.0 Å². The van der Waals surface area contributed by atoms with Gasteiger partial charge in [0, 0.05) is 10.7 Å². The first-order valence-electron chi connectivity index (χ1n) is 9.73. The summed E-state index contributed by atoms with van der Waals surface area (Å²) in [5.41, 5.74) is 5.47. The van der Waals surface area contributed by atoms with Gasteiger partial charge in [0.05, 0.1) is 25.4 Å². The van der Waals surface area contributed by atoms with Gasteiger partial charge < -0.3 is 14.8 Å². The van der Waals surface area contributed by atoms with Crippen LogP contribution in [0, 0.1) is 6.92 Å². The fraction of sp³-hybridized carbons (Fsp3) is 0.125. The van der Waals surface area contributed by atoms with Gasteiger partial charge in [-0.2, -0.15) is 5.10 Å². The smallest absolute Gasteiger partial charge is 0.343 e. The number of methoxy groups -OCH3 is 1. The molecule has 3 aromatic carbocycles. The normalized spacial score (nSPS) is 10.6. The van der Waals surface area contributed by atoms with Crippen LogP contribution in [-0.4, -0.2) is 31.7 Å². The van der Waals surface area contributed by atoms with Crippen LogP contribution in [0.2, 0.25) is 5.02 Å². The van der Waals surface area contributed by atoms with Crippen LogP contribution >= 0.6 is 11.6 Å². The minimum absolute atomic E-state index is 0.0866. The maximum Gasteiger partial charge on any atom is 0.343 e. The molecule has 0 heterocycles. The Bertz CT molecular complexity index is 1110. The van der Waals surface area contributed by atoms with Gasteiger partial charge in [0.25, 0.3) is 5.91 Å². The zero-order valence-corrected chi connectivity index (χ0v) is 18.3. The first-order valence-corrected chi connectivity index (χ1v) is 10.1. The third-order valence-corrected chi connectivity index (χ3v) is 4.63. The molecule has 0 unspecified atom stereocenters. The van der Waals surface area contributed by atoms with Gasteiger partial charge in [-0.15, -0.1) is 0 Å². The van der Waals surface area contributed by atoms with Crippen LogP contribution in [0.4, 0.5) is 5.69 Å². The van der Waals surface area contributed by atoms with E-state index in [1.807, 2.05) is 31.2 Å². The van der Waals surface area contributed by atoms with E-state index >= 15 is 0 Å². The van der Waals surface area contributed by atoms with Crippen LogP contribution in [0.1, 0.15) is 21.5 Å². The number of amides is 1. The number of nitrogens with zero attached hydrogens (tertiary/aromatic N) is 1. The van der Waals surface area contributed by atoms with Crippen molar-refractivity contribution in [2.75, 3.05) is 19.0 Å². The molecule has 0 aliphatic rings. The van der Waals surface area contributed by atoms with Gasteiger partial charge in [-0.25, -0.2) is 10.2 Å². The lowest BCUT2D eigenvalue weighted by Crippen LogP contribution is -2.25. The van der Waals surface area contributed by atoms with Gasteiger partial charge in [0.15, 0.2) is 11.5 Å². The number of hydrogen-bond acceptors (Lipinski definition) is 6. The number of halogens is 1. The standard InChI is InChI=1S/C24H22ClN3O4/c1-16-3-10-20(11-4-16)26-15-23(29)28-27-14-17-5-12-21(22(13-17)31-2)32-24(30)18-6-8-19(25)9-7-18/h3-14,26H,15H2,1-2H3,(H,28,29)/b27-14-. The zero-order valence-electron chi connectivity index (χ0n) is 17.6. The third kappa shape index (κ3) is 6.58. The Morgan fingerprint density at radius 2 is 1.72 bits per heavy atom. The summed E-state index contributed by atoms with van der Waals surface area (Å²) >= 11 is 5.84. The van der Waals surface area contributed by atoms with Crippen LogP contribution in [0.3, 0.4) is 0 Å². The van der Waals surface area contributed by atoms with Crippen molar-refractivity contribution in [1.29, 1.82) is 0 Å².